The van der Waals surface area contributed by atoms with Crippen molar-refractivity contribution in [1.29, 1.82) is 0 Å². The Hall–Kier alpha value is -1.07. The number of nitrogens with zero attached hydrogens (tertiary/aromatic N) is 1. The SMILES string of the molecule is COc1ccc(Br)c(Nc2ccncc2Br)c1. The van der Waals surface area contributed by atoms with Crippen LogP contribution in [0.25, 0.3) is 0 Å². The van der Waals surface area contributed by atoms with Crippen molar-refractivity contribution in [2.24, 2.45) is 0 Å². The number of hydrogen-bond donors (Lipinski definition) is 1. The number of aromatic nitrogens is 1. The predicted molar refractivity (Wildman–Crippen MR) is 75.9 cm³/mol. The molecule has 0 unspecified atom stereocenters. The highest BCUT2D eigenvalue weighted by Gasteiger charge is 2.04. The number of benzene rings is 1. The number of hydrogen-bond acceptors (Lipinski definition) is 3. The summed E-state index contributed by atoms with van der Waals surface area (Å²) in [6, 6.07) is 7.67. The molecule has 0 aliphatic rings. The molecule has 1 aromatic heterocycles. The molecule has 0 aliphatic heterocycles. The Morgan fingerprint density at radius 2 is 1.94 bits per heavy atom. The van der Waals surface area contributed by atoms with Crippen LogP contribution in [0.5, 0.6) is 5.75 Å². The van der Waals surface area contributed by atoms with Crippen LogP contribution < -0.4 is 10.1 Å². The second-order valence-corrected chi connectivity index (χ2v) is 5.03. The topological polar surface area (TPSA) is 34.1 Å². The Bertz CT molecular complexity index is 532. The van der Waals surface area contributed by atoms with Gasteiger partial charge < -0.3 is 10.1 Å². The summed E-state index contributed by atoms with van der Waals surface area (Å²) in [7, 11) is 1.65. The molecule has 1 heterocycles. The summed E-state index contributed by atoms with van der Waals surface area (Å²) in [6.07, 6.45) is 3.48. The van der Waals surface area contributed by atoms with E-state index in [9.17, 15) is 0 Å². The minimum atomic E-state index is 0.806. The molecule has 1 N–H and O–H groups in total. The quantitative estimate of drug-likeness (QED) is 0.886. The van der Waals surface area contributed by atoms with E-state index in [0.29, 0.717) is 0 Å². The normalized spacial score (nSPS) is 10.1. The predicted octanol–water partition coefficient (Wildman–Crippen LogP) is 4.36. The lowest BCUT2D eigenvalue weighted by Gasteiger charge is -2.11. The molecule has 2 aromatic rings. The van der Waals surface area contributed by atoms with E-state index >= 15 is 0 Å². The van der Waals surface area contributed by atoms with E-state index < -0.39 is 0 Å². The second kappa shape index (κ2) is 5.51. The zero-order chi connectivity index (χ0) is 12.3. The maximum absolute atomic E-state index is 5.19. The van der Waals surface area contributed by atoms with Crippen LogP contribution in [0.15, 0.2) is 45.6 Å². The van der Waals surface area contributed by atoms with Gasteiger partial charge in [-0.25, -0.2) is 0 Å². The number of ether oxygens (including phenoxy) is 1. The van der Waals surface area contributed by atoms with Crippen LogP contribution in [0, 0.1) is 0 Å². The first-order valence-electron chi connectivity index (χ1n) is 4.91. The van der Waals surface area contributed by atoms with E-state index in [0.717, 1.165) is 26.1 Å². The van der Waals surface area contributed by atoms with Gasteiger partial charge in [-0.15, -0.1) is 0 Å². The largest absolute Gasteiger partial charge is 0.497 e. The number of methoxy groups -OCH3 is 1. The average Bonchev–Trinajstić information content (AvgIpc) is 2.35. The van der Waals surface area contributed by atoms with Crippen LogP contribution in [0.1, 0.15) is 0 Å². The van der Waals surface area contributed by atoms with Crippen molar-refractivity contribution < 1.29 is 4.74 Å². The molecule has 5 heteroatoms. The van der Waals surface area contributed by atoms with Crippen molar-refractivity contribution >= 4 is 43.2 Å². The Morgan fingerprint density at radius 3 is 2.65 bits per heavy atom. The average molecular weight is 358 g/mol. The molecule has 1 aromatic carbocycles. The van der Waals surface area contributed by atoms with Gasteiger partial charge in [0.25, 0.3) is 0 Å². The summed E-state index contributed by atoms with van der Waals surface area (Å²) in [5.41, 5.74) is 1.89. The molecule has 0 bridgehead atoms. The third-order valence-electron chi connectivity index (χ3n) is 2.22. The van der Waals surface area contributed by atoms with Gasteiger partial charge in [0.15, 0.2) is 0 Å². The standard InChI is InChI=1S/C12H10Br2N2O/c1-17-8-2-3-9(13)12(6-8)16-11-4-5-15-7-10(11)14/h2-7H,1H3,(H,15,16). The lowest BCUT2D eigenvalue weighted by molar-refractivity contribution is 0.415. The van der Waals surface area contributed by atoms with Gasteiger partial charge in [-0.2, -0.15) is 0 Å². The third kappa shape index (κ3) is 2.98. The van der Waals surface area contributed by atoms with Crippen molar-refractivity contribution in [3.8, 4) is 5.75 Å². The van der Waals surface area contributed by atoms with E-state index in [2.05, 4.69) is 42.2 Å². The summed E-state index contributed by atoms with van der Waals surface area (Å²) in [6.45, 7) is 0. The summed E-state index contributed by atoms with van der Waals surface area (Å²) in [5.74, 6) is 0.806. The number of halogens is 2. The third-order valence-corrected chi connectivity index (χ3v) is 3.54. The van der Waals surface area contributed by atoms with Gasteiger partial charge in [-0.05, 0) is 50.1 Å². The second-order valence-electron chi connectivity index (χ2n) is 3.33. The molecule has 0 amide bonds. The van der Waals surface area contributed by atoms with Crippen LogP contribution in [0.3, 0.4) is 0 Å². The van der Waals surface area contributed by atoms with Crippen molar-refractivity contribution in [1.82, 2.24) is 4.98 Å². The first kappa shape index (κ1) is 12.4. The smallest absolute Gasteiger partial charge is 0.121 e. The van der Waals surface area contributed by atoms with Crippen molar-refractivity contribution in [2.75, 3.05) is 12.4 Å². The molecule has 0 saturated carbocycles. The van der Waals surface area contributed by atoms with E-state index in [1.807, 2.05) is 24.3 Å². The zero-order valence-corrected chi connectivity index (χ0v) is 12.2. The van der Waals surface area contributed by atoms with Crippen LogP contribution in [-0.4, -0.2) is 12.1 Å². The molecule has 0 spiro atoms. The summed E-state index contributed by atoms with van der Waals surface area (Å²) in [4.78, 5) is 4.02. The lowest BCUT2D eigenvalue weighted by atomic mass is 10.3. The van der Waals surface area contributed by atoms with Crippen molar-refractivity contribution in [2.45, 2.75) is 0 Å². The minimum absolute atomic E-state index is 0.806. The summed E-state index contributed by atoms with van der Waals surface area (Å²) < 4.78 is 7.08. The van der Waals surface area contributed by atoms with Crippen molar-refractivity contribution in [3.05, 3.63) is 45.6 Å². The fourth-order valence-corrected chi connectivity index (χ4v) is 2.04. The molecule has 17 heavy (non-hydrogen) atoms. The Kier molecular flexibility index (Phi) is 4.02. The summed E-state index contributed by atoms with van der Waals surface area (Å²) >= 11 is 6.94. The Labute approximate surface area is 116 Å². The fraction of sp³-hybridized carbons (Fsp3) is 0.0833. The minimum Gasteiger partial charge on any atom is -0.497 e. The lowest BCUT2D eigenvalue weighted by Crippen LogP contribution is -1.94. The van der Waals surface area contributed by atoms with E-state index in [4.69, 9.17) is 4.74 Å². The number of pyridine rings is 1. The van der Waals surface area contributed by atoms with Crippen LogP contribution in [0.4, 0.5) is 11.4 Å². The van der Waals surface area contributed by atoms with Gasteiger partial charge >= 0.3 is 0 Å². The van der Waals surface area contributed by atoms with Gasteiger partial charge in [-0.3, -0.25) is 4.98 Å². The van der Waals surface area contributed by atoms with E-state index in [1.165, 1.54) is 0 Å². The zero-order valence-electron chi connectivity index (χ0n) is 9.08. The first-order valence-corrected chi connectivity index (χ1v) is 6.49. The van der Waals surface area contributed by atoms with Crippen LogP contribution in [-0.2, 0) is 0 Å². The molecule has 88 valence electrons. The molecule has 0 aliphatic carbocycles. The van der Waals surface area contributed by atoms with Gasteiger partial charge in [0, 0.05) is 22.9 Å². The van der Waals surface area contributed by atoms with Crippen molar-refractivity contribution in [3.63, 3.8) is 0 Å². The monoisotopic (exact) mass is 356 g/mol. The molecule has 3 nitrogen and oxygen atoms in total. The van der Waals surface area contributed by atoms with Gasteiger partial charge in [-0.1, -0.05) is 0 Å². The van der Waals surface area contributed by atoms with Gasteiger partial charge in [0.2, 0.25) is 0 Å². The highest BCUT2D eigenvalue weighted by atomic mass is 79.9. The van der Waals surface area contributed by atoms with Crippen LogP contribution >= 0.6 is 31.9 Å². The molecular weight excluding hydrogens is 348 g/mol. The molecule has 2 rings (SSSR count). The fourth-order valence-electron chi connectivity index (χ4n) is 1.35. The summed E-state index contributed by atoms with van der Waals surface area (Å²) in [5, 5.41) is 3.30. The van der Waals surface area contributed by atoms with Gasteiger partial charge in [0.05, 0.1) is 23.0 Å². The molecule has 0 atom stereocenters. The molecule has 0 fully saturated rings. The van der Waals surface area contributed by atoms with Crippen LogP contribution in [0.2, 0.25) is 0 Å². The molecular formula is C12H10Br2N2O. The maximum atomic E-state index is 5.19. The maximum Gasteiger partial charge on any atom is 0.121 e. The number of anilines is 2. The number of nitrogens with one attached hydrogen (secondary N) is 1. The molecule has 0 radical (unpaired) electrons. The number of rotatable bonds is 3. The molecule has 0 saturated heterocycles. The first-order chi connectivity index (χ1) is 8.20. The Balaban J connectivity index is 2.32. The van der Waals surface area contributed by atoms with Gasteiger partial charge in [0.1, 0.15) is 5.75 Å². The van der Waals surface area contributed by atoms with E-state index in [1.54, 1.807) is 19.5 Å². The highest BCUT2D eigenvalue weighted by molar-refractivity contribution is 9.11. The Morgan fingerprint density at radius 1 is 1.12 bits per heavy atom. The van der Waals surface area contributed by atoms with E-state index in [-0.39, 0.29) is 0 Å². The highest BCUT2D eigenvalue weighted by Crippen LogP contribution is 2.32.